The molecule has 0 bridgehead atoms. The quantitative estimate of drug-likeness (QED) is 0.744. The zero-order valence-electron chi connectivity index (χ0n) is 10.00. The fourth-order valence-corrected chi connectivity index (χ4v) is 3.72. The molecular weight excluding hydrogens is 269 g/mol. The van der Waals surface area contributed by atoms with Crippen molar-refractivity contribution in [1.29, 1.82) is 0 Å². The maximum absolute atomic E-state index is 6.07. The Balaban J connectivity index is 1.85. The van der Waals surface area contributed by atoms with Crippen molar-refractivity contribution in [2.45, 2.75) is 37.4 Å². The van der Waals surface area contributed by atoms with Gasteiger partial charge in [0, 0.05) is 22.1 Å². The molecule has 1 aliphatic carbocycles. The van der Waals surface area contributed by atoms with Crippen LogP contribution >= 0.6 is 23.2 Å². The molecule has 5 heteroatoms. The average Bonchev–Trinajstić information content (AvgIpc) is 2.70. The summed E-state index contributed by atoms with van der Waals surface area (Å²) in [6, 6.07) is 6.80. The molecule has 0 amide bonds. The second-order valence-electron chi connectivity index (χ2n) is 5.31. The third-order valence-electron chi connectivity index (χ3n) is 4.04. The van der Waals surface area contributed by atoms with E-state index in [1.807, 2.05) is 12.1 Å². The van der Waals surface area contributed by atoms with E-state index in [-0.39, 0.29) is 6.04 Å². The monoisotopic (exact) mass is 285 g/mol. The summed E-state index contributed by atoms with van der Waals surface area (Å²) in [5, 5.41) is 1.38. The summed E-state index contributed by atoms with van der Waals surface area (Å²) in [5.41, 5.74) is 13.9. The first-order valence-corrected chi connectivity index (χ1v) is 7.11. The van der Waals surface area contributed by atoms with Crippen LogP contribution in [0.15, 0.2) is 18.2 Å². The summed E-state index contributed by atoms with van der Waals surface area (Å²) in [5.74, 6) is 0.569. The van der Waals surface area contributed by atoms with Gasteiger partial charge in [-0.05, 0) is 48.9 Å². The van der Waals surface area contributed by atoms with Crippen molar-refractivity contribution in [1.82, 2.24) is 10.9 Å². The Morgan fingerprint density at radius 3 is 2.50 bits per heavy atom. The molecule has 4 N–H and O–H groups in total. The lowest BCUT2D eigenvalue weighted by atomic mass is 9.78. The molecule has 3 nitrogen and oxygen atoms in total. The topological polar surface area (TPSA) is 50.1 Å². The van der Waals surface area contributed by atoms with Gasteiger partial charge in [0.15, 0.2) is 0 Å². The van der Waals surface area contributed by atoms with Crippen molar-refractivity contribution >= 4 is 23.2 Å². The van der Waals surface area contributed by atoms with Gasteiger partial charge in [-0.3, -0.25) is 5.43 Å². The van der Waals surface area contributed by atoms with Gasteiger partial charge < -0.3 is 5.73 Å². The SMILES string of the molecule is NC1CCC2C(C1)NNC2c1cc(Cl)cc(Cl)c1. The Kier molecular flexibility index (Phi) is 3.52. The van der Waals surface area contributed by atoms with Gasteiger partial charge in [-0.15, -0.1) is 0 Å². The van der Waals surface area contributed by atoms with E-state index in [9.17, 15) is 0 Å². The van der Waals surface area contributed by atoms with Gasteiger partial charge in [-0.25, -0.2) is 5.43 Å². The minimum Gasteiger partial charge on any atom is -0.328 e. The van der Waals surface area contributed by atoms with Crippen molar-refractivity contribution in [3.05, 3.63) is 33.8 Å². The molecule has 1 heterocycles. The molecule has 0 aromatic heterocycles. The highest BCUT2D eigenvalue weighted by Gasteiger charge is 2.40. The number of halogens is 2. The highest BCUT2D eigenvalue weighted by atomic mass is 35.5. The van der Waals surface area contributed by atoms with E-state index in [0.717, 1.165) is 24.8 Å². The van der Waals surface area contributed by atoms with Crippen LogP contribution in [0.2, 0.25) is 10.0 Å². The smallest absolute Gasteiger partial charge is 0.0507 e. The Morgan fingerprint density at radius 2 is 1.78 bits per heavy atom. The first-order valence-electron chi connectivity index (χ1n) is 6.36. The highest BCUT2D eigenvalue weighted by Crippen LogP contribution is 2.38. The van der Waals surface area contributed by atoms with E-state index < -0.39 is 0 Å². The number of rotatable bonds is 1. The van der Waals surface area contributed by atoms with Crippen molar-refractivity contribution in [2.75, 3.05) is 0 Å². The Labute approximate surface area is 117 Å². The molecule has 4 unspecified atom stereocenters. The second-order valence-corrected chi connectivity index (χ2v) is 6.19. The Morgan fingerprint density at radius 1 is 1.06 bits per heavy atom. The molecule has 4 atom stereocenters. The minimum absolute atomic E-state index is 0.277. The number of fused-ring (bicyclic) bond motifs is 1. The molecule has 1 aliphatic heterocycles. The zero-order valence-corrected chi connectivity index (χ0v) is 11.5. The van der Waals surface area contributed by atoms with E-state index in [0.29, 0.717) is 28.0 Å². The molecule has 0 radical (unpaired) electrons. The first kappa shape index (κ1) is 12.7. The van der Waals surface area contributed by atoms with Gasteiger partial charge in [0.2, 0.25) is 0 Å². The number of hydrogen-bond acceptors (Lipinski definition) is 3. The Bertz CT molecular complexity index is 432. The molecule has 98 valence electrons. The minimum atomic E-state index is 0.277. The number of hydrazine groups is 1. The van der Waals surface area contributed by atoms with Crippen LogP contribution in [-0.2, 0) is 0 Å². The zero-order chi connectivity index (χ0) is 12.7. The van der Waals surface area contributed by atoms with E-state index in [2.05, 4.69) is 10.9 Å². The molecule has 1 saturated carbocycles. The molecule has 18 heavy (non-hydrogen) atoms. The van der Waals surface area contributed by atoms with Gasteiger partial charge in [-0.2, -0.15) is 0 Å². The average molecular weight is 286 g/mol. The van der Waals surface area contributed by atoms with E-state index >= 15 is 0 Å². The van der Waals surface area contributed by atoms with Crippen LogP contribution < -0.4 is 16.6 Å². The molecule has 1 aromatic rings. The molecule has 2 aliphatic rings. The van der Waals surface area contributed by atoms with Crippen LogP contribution in [-0.4, -0.2) is 12.1 Å². The number of hydrogen-bond donors (Lipinski definition) is 3. The second kappa shape index (κ2) is 4.99. The van der Waals surface area contributed by atoms with Gasteiger partial charge >= 0.3 is 0 Å². The first-order chi connectivity index (χ1) is 8.63. The summed E-state index contributed by atoms with van der Waals surface area (Å²) in [6.07, 6.45) is 3.26. The fourth-order valence-electron chi connectivity index (χ4n) is 3.18. The van der Waals surface area contributed by atoms with Crippen LogP contribution in [0.3, 0.4) is 0 Å². The normalized spacial score (nSPS) is 35.5. The third kappa shape index (κ3) is 2.38. The predicted molar refractivity (Wildman–Crippen MR) is 74.6 cm³/mol. The third-order valence-corrected chi connectivity index (χ3v) is 4.48. The van der Waals surface area contributed by atoms with E-state index in [1.54, 1.807) is 6.07 Å². The van der Waals surface area contributed by atoms with Crippen molar-refractivity contribution in [2.24, 2.45) is 11.7 Å². The van der Waals surface area contributed by atoms with Crippen molar-refractivity contribution < 1.29 is 0 Å². The van der Waals surface area contributed by atoms with Gasteiger partial charge in [0.25, 0.3) is 0 Å². The van der Waals surface area contributed by atoms with Crippen LogP contribution in [0.1, 0.15) is 30.9 Å². The lowest BCUT2D eigenvalue weighted by molar-refractivity contribution is 0.281. The number of nitrogens with one attached hydrogen (secondary N) is 2. The van der Waals surface area contributed by atoms with Crippen LogP contribution in [0.4, 0.5) is 0 Å². The van der Waals surface area contributed by atoms with Gasteiger partial charge in [0.05, 0.1) is 6.04 Å². The number of nitrogens with two attached hydrogens (primary N) is 1. The van der Waals surface area contributed by atoms with Gasteiger partial charge in [-0.1, -0.05) is 23.2 Å². The van der Waals surface area contributed by atoms with Crippen LogP contribution in [0.5, 0.6) is 0 Å². The predicted octanol–water partition coefficient (Wildman–Crippen LogP) is 2.64. The molecule has 0 spiro atoms. The summed E-state index contributed by atoms with van der Waals surface area (Å²) >= 11 is 12.1. The summed E-state index contributed by atoms with van der Waals surface area (Å²) in [6.45, 7) is 0. The summed E-state index contributed by atoms with van der Waals surface area (Å²) in [7, 11) is 0. The molecule has 1 aromatic carbocycles. The fraction of sp³-hybridized carbons (Fsp3) is 0.538. The number of benzene rings is 1. The van der Waals surface area contributed by atoms with Crippen LogP contribution in [0, 0.1) is 5.92 Å². The molecule has 3 rings (SSSR count). The van der Waals surface area contributed by atoms with Crippen molar-refractivity contribution in [3.8, 4) is 0 Å². The molecule has 2 fully saturated rings. The Hall–Kier alpha value is -0.320. The lowest BCUT2D eigenvalue weighted by Crippen LogP contribution is -2.41. The maximum Gasteiger partial charge on any atom is 0.0507 e. The van der Waals surface area contributed by atoms with E-state index in [1.165, 1.54) is 0 Å². The van der Waals surface area contributed by atoms with Crippen LogP contribution in [0.25, 0.3) is 0 Å². The van der Waals surface area contributed by atoms with Gasteiger partial charge in [0.1, 0.15) is 0 Å². The van der Waals surface area contributed by atoms with E-state index in [4.69, 9.17) is 28.9 Å². The summed E-state index contributed by atoms with van der Waals surface area (Å²) < 4.78 is 0. The highest BCUT2D eigenvalue weighted by molar-refractivity contribution is 6.34. The largest absolute Gasteiger partial charge is 0.328 e. The summed E-state index contributed by atoms with van der Waals surface area (Å²) in [4.78, 5) is 0. The molecule has 1 saturated heterocycles. The van der Waals surface area contributed by atoms with Crippen molar-refractivity contribution in [3.63, 3.8) is 0 Å². The lowest BCUT2D eigenvalue weighted by Gasteiger charge is -2.31. The standard InChI is InChI=1S/C13H17Cl2N3/c14-8-3-7(4-9(15)5-8)13-11-2-1-10(16)6-12(11)17-18-13/h3-5,10-13,17-18H,1-2,6,16H2. The maximum atomic E-state index is 6.07. The molecular formula is C13H17Cl2N3.